The van der Waals surface area contributed by atoms with E-state index in [9.17, 15) is 4.79 Å². The molecule has 0 unspecified atom stereocenters. The summed E-state index contributed by atoms with van der Waals surface area (Å²) < 4.78 is 5.75. The Balaban J connectivity index is 1.66. The summed E-state index contributed by atoms with van der Waals surface area (Å²) in [6.45, 7) is 4.63. The van der Waals surface area contributed by atoms with Crippen LogP contribution in [0.1, 0.15) is 29.7 Å². The van der Waals surface area contributed by atoms with Gasteiger partial charge in [-0.15, -0.1) is 0 Å². The molecule has 1 amide bonds. The van der Waals surface area contributed by atoms with Gasteiger partial charge in [0.2, 0.25) is 0 Å². The highest BCUT2D eigenvalue weighted by atomic mass is 16.5. The van der Waals surface area contributed by atoms with Gasteiger partial charge < -0.3 is 15.4 Å². The molecular weight excluding hydrogens is 340 g/mol. The molecule has 0 radical (unpaired) electrons. The Kier molecular flexibility index (Phi) is 5.99. The second-order valence-corrected chi connectivity index (χ2v) is 6.01. The van der Waals surface area contributed by atoms with Gasteiger partial charge in [-0.25, -0.2) is 9.97 Å². The molecule has 2 aromatic carbocycles. The minimum absolute atomic E-state index is 0.281. The van der Waals surface area contributed by atoms with Gasteiger partial charge >= 0.3 is 0 Å². The highest BCUT2D eigenvalue weighted by Gasteiger charge is 2.11. The Morgan fingerprint density at radius 2 is 1.70 bits per heavy atom. The van der Waals surface area contributed by atoms with Crippen LogP contribution in [0, 0.1) is 6.92 Å². The van der Waals surface area contributed by atoms with E-state index in [1.54, 1.807) is 25.1 Å². The third-order valence-corrected chi connectivity index (χ3v) is 3.72. The molecule has 0 bridgehead atoms. The smallest absolute Gasteiger partial charge is 0.274 e. The molecule has 27 heavy (non-hydrogen) atoms. The number of ether oxygens (including phenoxy) is 1. The molecule has 3 rings (SSSR count). The predicted octanol–water partition coefficient (Wildman–Crippen LogP) is 4.65. The summed E-state index contributed by atoms with van der Waals surface area (Å²) in [6, 6.07) is 18.4. The van der Waals surface area contributed by atoms with Gasteiger partial charge in [-0.3, -0.25) is 4.79 Å². The fraction of sp³-hybridized carbons (Fsp3) is 0.190. The average Bonchev–Trinajstić information content (AvgIpc) is 2.68. The number of nitrogens with one attached hydrogen (secondary N) is 2. The lowest BCUT2D eigenvalue weighted by Gasteiger charge is -2.09. The number of carbonyl (C=O) groups excluding carboxylic acids is 1. The van der Waals surface area contributed by atoms with Crippen molar-refractivity contribution in [1.82, 2.24) is 9.97 Å². The zero-order valence-electron chi connectivity index (χ0n) is 15.4. The van der Waals surface area contributed by atoms with Gasteiger partial charge in [-0.1, -0.05) is 25.1 Å². The van der Waals surface area contributed by atoms with Crippen molar-refractivity contribution in [2.75, 3.05) is 17.2 Å². The third-order valence-electron chi connectivity index (χ3n) is 3.72. The molecule has 0 spiro atoms. The van der Waals surface area contributed by atoms with E-state index in [1.165, 1.54) is 0 Å². The molecule has 2 N–H and O–H groups in total. The van der Waals surface area contributed by atoms with Crippen LogP contribution in [0.4, 0.5) is 11.5 Å². The summed E-state index contributed by atoms with van der Waals surface area (Å²) in [5.41, 5.74) is 0.991. The number of anilines is 2. The number of amides is 1. The summed E-state index contributed by atoms with van der Waals surface area (Å²) in [4.78, 5) is 21.0. The normalized spacial score (nSPS) is 10.3. The zero-order chi connectivity index (χ0) is 19.1. The molecule has 0 aliphatic rings. The standard InChI is InChI=1S/C21H22N4O2/c1-3-13-22-20-14-19(23-15(2)24-20)21(26)25-16-9-11-18(12-10-16)27-17-7-5-4-6-8-17/h4-12,14H,3,13H2,1-2H3,(H,25,26)(H,22,23,24). The second kappa shape index (κ2) is 8.80. The first-order chi connectivity index (χ1) is 13.1. The Morgan fingerprint density at radius 1 is 1.00 bits per heavy atom. The summed E-state index contributed by atoms with van der Waals surface area (Å²) >= 11 is 0. The monoisotopic (exact) mass is 362 g/mol. The molecule has 1 heterocycles. The third kappa shape index (κ3) is 5.28. The molecule has 0 saturated heterocycles. The number of carbonyl (C=O) groups is 1. The molecule has 0 aliphatic heterocycles. The summed E-state index contributed by atoms with van der Waals surface area (Å²) in [6.07, 6.45) is 0.974. The van der Waals surface area contributed by atoms with Crippen molar-refractivity contribution in [3.63, 3.8) is 0 Å². The summed E-state index contributed by atoms with van der Waals surface area (Å²) in [5.74, 6) is 2.38. The molecule has 1 aromatic heterocycles. The van der Waals surface area contributed by atoms with Crippen LogP contribution in [0.25, 0.3) is 0 Å². The van der Waals surface area contributed by atoms with Crippen molar-refractivity contribution in [2.45, 2.75) is 20.3 Å². The number of benzene rings is 2. The van der Waals surface area contributed by atoms with Gasteiger partial charge in [0.25, 0.3) is 5.91 Å². The van der Waals surface area contributed by atoms with Gasteiger partial charge in [-0.05, 0) is 49.7 Å². The van der Waals surface area contributed by atoms with Crippen LogP contribution in [0.15, 0.2) is 60.7 Å². The molecule has 0 saturated carbocycles. The van der Waals surface area contributed by atoms with Crippen molar-refractivity contribution in [3.8, 4) is 11.5 Å². The van der Waals surface area contributed by atoms with Crippen LogP contribution in [0.3, 0.4) is 0 Å². The van der Waals surface area contributed by atoms with Gasteiger partial charge in [0.05, 0.1) is 0 Å². The van der Waals surface area contributed by atoms with Crippen LogP contribution < -0.4 is 15.4 Å². The van der Waals surface area contributed by atoms with Crippen LogP contribution in [-0.2, 0) is 0 Å². The van der Waals surface area contributed by atoms with Crippen molar-refractivity contribution >= 4 is 17.4 Å². The average molecular weight is 362 g/mol. The maximum Gasteiger partial charge on any atom is 0.274 e. The first kappa shape index (κ1) is 18.4. The minimum atomic E-state index is -0.281. The van der Waals surface area contributed by atoms with Gasteiger partial charge in [0, 0.05) is 18.3 Å². The lowest BCUT2D eigenvalue weighted by molar-refractivity contribution is 0.102. The van der Waals surface area contributed by atoms with E-state index in [2.05, 4.69) is 27.5 Å². The maximum absolute atomic E-state index is 12.5. The topological polar surface area (TPSA) is 76.1 Å². The molecule has 3 aromatic rings. The quantitative estimate of drug-likeness (QED) is 0.640. The zero-order valence-corrected chi connectivity index (χ0v) is 15.4. The molecular formula is C21H22N4O2. The van der Waals surface area contributed by atoms with Crippen LogP contribution >= 0.6 is 0 Å². The largest absolute Gasteiger partial charge is 0.457 e. The minimum Gasteiger partial charge on any atom is -0.457 e. The summed E-state index contributed by atoms with van der Waals surface area (Å²) in [5, 5.41) is 6.02. The highest BCUT2D eigenvalue weighted by Crippen LogP contribution is 2.23. The van der Waals surface area contributed by atoms with E-state index in [4.69, 9.17) is 4.74 Å². The van der Waals surface area contributed by atoms with Crippen molar-refractivity contribution in [3.05, 3.63) is 72.2 Å². The molecule has 6 nitrogen and oxygen atoms in total. The van der Waals surface area contributed by atoms with Crippen LogP contribution in [0.5, 0.6) is 11.5 Å². The fourth-order valence-corrected chi connectivity index (χ4v) is 2.45. The molecule has 6 heteroatoms. The number of aryl methyl sites for hydroxylation is 1. The number of rotatable bonds is 7. The Morgan fingerprint density at radius 3 is 2.41 bits per heavy atom. The number of aromatic nitrogens is 2. The Hall–Kier alpha value is -3.41. The van der Waals surface area contributed by atoms with Gasteiger partial charge in [-0.2, -0.15) is 0 Å². The lowest BCUT2D eigenvalue weighted by Crippen LogP contribution is -2.16. The van der Waals surface area contributed by atoms with Crippen LogP contribution in [-0.4, -0.2) is 22.4 Å². The molecule has 138 valence electrons. The highest BCUT2D eigenvalue weighted by molar-refractivity contribution is 6.03. The first-order valence-corrected chi connectivity index (χ1v) is 8.88. The fourth-order valence-electron chi connectivity index (χ4n) is 2.45. The van der Waals surface area contributed by atoms with Crippen molar-refractivity contribution < 1.29 is 9.53 Å². The number of hydrogen-bond acceptors (Lipinski definition) is 5. The summed E-state index contributed by atoms with van der Waals surface area (Å²) in [7, 11) is 0. The number of para-hydroxylation sites is 1. The molecule has 0 fully saturated rings. The van der Waals surface area contributed by atoms with Crippen LogP contribution in [0.2, 0.25) is 0 Å². The van der Waals surface area contributed by atoms with Gasteiger partial charge in [0.15, 0.2) is 0 Å². The second-order valence-electron chi connectivity index (χ2n) is 6.01. The SMILES string of the molecule is CCCNc1cc(C(=O)Nc2ccc(Oc3ccccc3)cc2)nc(C)n1. The van der Waals surface area contributed by atoms with E-state index >= 15 is 0 Å². The molecule has 0 aliphatic carbocycles. The van der Waals surface area contributed by atoms with E-state index < -0.39 is 0 Å². The van der Waals surface area contributed by atoms with E-state index in [-0.39, 0.29) is 5.91 Å². The Labute approximate surface area is 158 Å². The molecule has 0 atom stereocenters. The van der Waals surface area contributed by atoms with Crippen molar-refractivity contribution in [1.29, 1.82) is 0 Å². The Bertz CT molecular complexity index is 896. The van der Waals surface area contributed by atoms with Crippen molar-refractivity contribution in [2.24, 2.45) is 0 Å². The van der Waals surface area contributed by atoms with Gasteiger partial charge in [0.1, 0.15) is 28.8 Å². The lowest BCUT2D eigenvalue weighted by atomic mass is 10.2. The van der Waals surface area contributed by atoms with E-state index in [1.807, 2.05) is 42.5 Å². The predicted molar refractivity (Wildman–Crippen MR) is 106 cm³/mol. The first-order valence-electron chi connectivity index (χ1n) is 8.88. The maximum atomic E-state index is 12.5. The van der Waals surface area contributed by atoms with E-state index in [0.717, 1.165) is 18.7 Å². The number of hydrogen-bond donors (Lipinski definition) is 2. The van der Waals surface area contributed by atoms with E-state index in [0.29, 0.717) is 28.8 Å². The number of nitrogens with zero attached hydrogens (tertiary/aromatic N) is 2.